The smallest absolute Gasteiger partial charge is 0.416 e. The number of alkyl halides is 3. The molecular weight excluding hydrogens is 397 g/mol. The third-order valence-electron chi connectivity index (χ3n) is 3.70. The van der Waals surface area contributed by atoms with Gasteiger partial charge < -0.3 is 10.1 Å². The Labute approximate surface area is 165 Å². The van der Waals surface area contributed by atoms with Crippen molar-refractivity contribution in [2.45, 2.75) is 20.0 Å². The summed E-state index contributed by atoms with van der Waals surface area (Å²) in [4.78, 5) is 25.0. The largest absolute Gasteiger partial charge is 0.456 e. The van der Waals surface area contributed by atoms with Crippen molar-refractivity contribution >= 4 is 29.2 Å². The summed E-state index contributed by atoms with van der Waals surface area (Å²) < 4.78 is 43.6. The molecular formula is C19H18ClF3N2O3. The number of urea groups is 1. The zero-order chi connectivity index (χ0) is 21.1. The standard InChI is InChI=1S/C19H18ClF3N2O3/c1-11(2)17(26)25(3)18(27)24-13-5-4-6-14(10-13)28-16-8-7-12(9-15(16)20)19(21,22)23/h4-11H,1-3H3,(H,24,27). The molecule has 0 unspecified atom stereocenters. The van der Waals surface area contributed by atoms with Crippen LogP contribution in [0.5, 0.6) is 11.5 Å². The molecule has 0 saturated heterocycles. The van der Waals surface area contributed by atoms with E-state index >= 15 is 0 Å². The summed E-state index contributed by atoms with van der Waals surface area (Å²) >= 11 is 5.88. The minimum atomic E-state index is -4.51. The number of ether oxygens (including phenoxy) is 1. The van der Waals surface area contributed by atoms with Gasteiger partial charge in [0, 0.05) is 24.7 Å². The fraction of sp³-hybridized carbons (Fsp3) is 0.263. The van der Waals surface area contributed by atoms with Gasteiger partial charge in [-0.15, -0.1) is 0 Å². The van der Waals surface area contributed by atoms with Crippen LogP contribution in [0, 0.1) is 5.92 Å². The molecule has 150 valence electrons. The van der Waals surface area contributed by atoms with E-state index in [2.05, 4.69) is 5.32 Å². The van der Waals surface area contributed by atoms with Crippen LogP contribution in [0.4, 0.5) is 23.7 Å². The van der Waals surface area contributed by atoms with Crippen LogP contribution in [0.1, 0.15) is 19.4 Å². The Bertz CT molecular complexity index is 885. The molecule has 2 rings (SSSR count). The molecule has 5 nitrogen and oxygen atoms in total. The maximum atomic E-state index is 12.7. The van der Waals surface area contributed by atoms with E-state index in [1.807, 2.05) is 0 Å². The number of rotatable bonds is 4. The van der Waals surface area contributed by atoms with Crippen molar-refractivity contribution in [2.24, 2.45) is 5.92 Å². The maximum absolute atomic E-state index is 12.7. The number of anilines is 1. The van der Waals surface area contributed by atoms with E-state index in [9.17, 15) is 22.8 Å². The zero-order valence-corrected chi connectivity index (χ0v) is 16.1. The number of imide groups is 1. The van der Waals surface area contributed by atoms with Crippen molar-refractivity contribution in [3.05, 3.63) is 53.1 Å². The molecule has 0 aliphatic rings. The predicted octanol–water partition coefficient (Wildman–Crippen LogP) is 5.80. The summed E-state index contributed by atoms with van der Waals surface area (Å²) in [5.74, 6) is -0.406. The van der Waals surface area contributed by atoms with E-state index in [0.717, 1.165) is 23.1 Å². The quantitative estimate of drug-likeness (QED) is 0.688. The minimum absolute atomic E-state index is 0.0326. The third-order valence-corrected chi connectivity index (χ3v) is 4.00. The molecule has 0 aliphatic heterocycles. The number of halogens is 4. The number of carbonyl (C=O) groups is 2. The van der Waals surface area contributed by atoms with Crippen LogP contribution in [-0.2, 0) is 11.0 Å². The monoisotopic (exact) mass is 414 g/mol. The van der Waals surface area contributed by atoms with Crippen LogP contribution in [-0.4, -0.2) is 23.9 Å². The van der Waals surface area contributed by atoms with Crippen LogP contribution in [0.2, 0.25) is 5.02 Å². The number of benzene rings is 2. The van der Waals surface area contributed by atoms with Crippen LogP contribution < -0.4 is 10.1 Å². The van der Waals surface area contributed by atoms with E-state index in [1.54, 1.807) is 32.0 Å². The second-order valence-electron chi connectivity index (χ2n) is 6.25. The Balaban J connectivity index is 2.14. The third kappa shape index (κ3) is 5.39. The highest BCUT2D eigenvalue weighted by atomic mass is 35.5. The second kappa shape index (κ2) is 8.52. The second-order valence-corrected chi connectivity index (χ2v) is 6.66. The number of amides is 3. The fourth-order valence-electron chi connectivity index (χ4n) is 2.22. The first-order valence-electron chi connectivity index (χ1n) is 8.22. The van der Waals surface area contributed by atoms with Crippen molar-refractivity contribution in [1.29, 1.82) is 0 Å². The van der Waals surface area contributed by atoms with E-state index in [0.29, 0.717) is 5.69 Å². The van der Waals surface area contributed by atoms with Crippen molar-refractivity contribution in [1.82, 2.24) is 4.90 Å². The minimum Gasteiger partial charge on any atom is -0.456 e. The van der Waals surface area contributed by atoms with E-state index in [-0.39, 0.29) is 28.3 Å². The lowest BCUT2D eigenvalue weighted by atomic mass is 10.2. The molecule has 0 aromatic heterocycles. The molecule has 0 radical (unpaired) electrons. The van der Waals surface area contributed by atoms with Gasteiger partial charge in [0.05, 0.1) is 10.6 Å². The SMILES string of the molecule is CC(C)C(=O)N(C)C(=O)Nc1cccc(Oc2ccc(C(F)(F)F)cc2Cl)c1. The molecule has 0 heterocycles. The van der Waals surface area contributed by atoms with E-state index in [1.165, 1.54) is 13.1 Å². The first-order valence-corrected chi connectivity index (χ1v) is 8.60. The van der Waals surface area contributed by atoms with Gasteiger partial charge in [-0.2, -0.15) is 13.2 Å². The van der Waals surface area contributed by atoms with Gasteiger partial charge in [-0.1, -0.05) is 31.5 Å². The normalized spacial score (nSPS) is 11.3. The van der Waals surface area contributed by atoms with Gasteiger partial charge in [0.2, 0.25) is 5.91 Å². The average molecular weight is 415 g/mol. The molecule has 0 saturated carbocycles. The highest BCUT2D eigenvalue weighted by molar-refractivity contribution is 6.32. The molecule has 1 N–H and O–H groups in total. The fourth-order valence-corrected chi connectivity index (χ4v) is 2.44. The molecule has 0 atom stereocenters. The summed E-state index contributed by atoms with van der Waals surface area (Å²) in [6.45, 7) is 3.35. The van der Waals surface area contributed by atoms with Gasteiger partial charge >= 0.3 is 12.2 Å². The predicted molar refractivity (Wildman–Crippen MR) is 99.6 cm³/mol. The van der Waals surface area contributed by atoms with Crippen LogP contribution in [0.25, 0.3) is 0 Å². The van der Waals surface area contributed by atoms with Crippen molar-refractivity contribution < 1.29 is 27.5 Å². The molecule has 0 spiro atoms. The molecule has 2 aromatic carbocycles. The Kier molecular flexibility index (Phi) is 6.56. The maximum Gasteiger partial charge on any atom is 0.416 e. The Hall–Kier alpha value is -2.74. The van der Waals surface area contributed by atoms with Gasteiger partial charge in [-0.25, -0.2) is 4.79 Å². The van der Waals surface area contributed by atoms with Crippen LogP contribution >= 0.6 is 11.6 Å². The summed E-state index contributed by atoms with van der Waals surface area (Å²) in [7, 11) is 1.36. The van der Waals surface area contributed by atoms with E-state index in [4.69, 9.17) is 16.3 Å². The number of hydrogen-bond donors (Lipinski definition) is 1. The Morgan fingerprint density at radius 1 is 1.14 bits per heavy atom. The van der Waals surface area contributed by atoms with Crippen molar-refractivity contribution in [3.8, 4) is 11.5 Å². The van der Waals surface area contributed by atoms with Gasteiger partial charge in [-0.05, 0) is 30.3 Å². The molecule has 28 heavy (non-hydrogen) atoms. The number of nitrogens with zero attached hydrogens (tertiary/aromatic N) is 1. The van der Waals surface area contributed by atoms with Crippen LogP contribution in [0.15, 0.2) is 42.5 Å². The van der Waals surface area contributed by atoms with E-state index < -0.39 is 17.8 Å². The average Bonchev–Trinajstić information content (AvgIpc) is 2.61. The molecule has 3 amide bonds. The number of nitrogens with one attached hydrogen (secondary N) is 1. The first kappa shape index (κ1) is 21.6. The molecule has 0 fully saturated rings. The molecule has 0 bridgehead atoms. The Morgan fingerprint density at radius 3 is 2.39 bits per heavy atom. The zero-order valence-electron chi connectivity index (χ0n) is 15.3. The first-order chi connectivity index (χ1) is 13.0. The van der Waals surface area contributed by atoms with Gasteiger partial charge in [-0.3, -0.25) is 9.69 Å². The highest BCUT2D eigenvalue weighted by Crippen LogP contribution is 2.36. The lowest BCUT2D eigenvalue weighted by molar-refractivity contribution is -0.137. The van der Waals surface area contributed by atoms with Gasteiger partial charge in [0.1, 0.15) is 11.5 Å². The topological polar surface area (TPSA) is 58.6 Å². The Morgan fingerprint density at radius 2 is 1.82 bits per heavy atom. The molecule has 2 aromatic rings. The summed E-state index contributed by atoms with van der Waals surface area (Å²) in [5, 5.41) is 2.35. The van der Waals surface area contributed by atoms with Crippen molar-refractivity contribution in [3.63, 3.8) is 0 Å². The van der Waals surface area contributed by atoms with Gasteiger partial charge in [0.15, 0.2) is 0 Å². The highest BCUT2D eigenvalue weighted by Gasteiger charge is 2.31. The summed E-state index contributed by atoms with van der Waals surface area (Å²) in [6, 6.07) is 8.29. The lowest BCUT2D eigenvalue weighted by Crippen LogP contribution is -2.38. The van der Waals surface area contributed by atoms with Crippen LogP contribution in [0.3, 0.4) is 0 Å². The number of carbonyl (C=O) groups excluding carboxylic acids is 2. The summed E-state index contributed by atoms with van der Waals surface area (Å²) in [6.07, 6.45) is -4.51. The van der Waals surface area contributed by atoms with Crippen molar-refractivity contribution in [2.75, 3.05) is 12.4 Å². The number of hydrogen-bond acceptors (Lipinski definition) is 3. The summed E-state index contributed by atoms with van der Waals surface area (Å²) in [5.41, 5.74) is -0.544. The molecule has 9 heteroatoms. The van der Waals surface area contributed by atoms with Gasteiger partial charge in [0.25, 0.3) is 0 Å². The lowest BCUT2D eigenvalue weighted by Gasteiger charge is -2.18. The molecule has 0 aliphatic carbocycles.